The highest BCUT2D eigenvalue weighted by Crippen LogP contribution is 2.26. The molecular weight excluding hydrogens is 276 g/mol. The van der Waals surface area contributed by atoms with Crippen molar-refractivity contribution >= 4 is 17.2 Å². The molecule has 0 bridgehead atoms. The maximum absolute atomic E-state index is 6.01. The summed E-state index contributed by atoms with van der Waals surface area (Å²) in [6, 6.07) is 10.5. The van der Waals surface area contributed by atoms with Gasteiger partial charge in [-0.25, -0.2) is 0 Å². The lowest BCUT2D eigenvalue weighted by Crippen LogP contribution is -2.35. The van der Waals surface area contributed by atoms with Crippen molar-refractivity contribution in [3.8, 4) is 0 Å². The van der Waals surface area contributed by atoms with Crippen molar-refractivity contribution in [2.75, 3.05) is 19.6 Å². The van der Waals surface area contributed by atoms with Crippen molar-refractivity contribution in [2.45, 2.75) is 39.0 Å². The van der Waals surface area contributed by atoms with E-state index in [9.17, 15) is 0 Å². The van der Waals surface area contributed by atoms with E-state index in [0.717, 1.165) is 18.4 Å². The van der Waals surface area contributed by atoms with Crippen molar-refractivity contribution in [2.24, 2.45) is 17.6 Å². The Morgan fingerprint density at radius 2 is 1.95 bits per heavy atom. The largest absolute Gasteiger partial charge is 0.393 e. The molecule has 1 aromatic carbocycles. The summed E-state index contributed by atoms with van der Waals surface area (Å²) in [6.45, 7) is 8.01. The van der Waals surface area contributed by atoms with Crippen LogP contribution in [0.4, 0.5) is 0 Å². The fraction of sp³-hybridized carbons (Fsp3) is 0.611. The molecule has 2 atom stereocenters. The van der Waals surface area contributed by atoms with E-state index in [1.807, 2.05) is 6.07 Å². The van der Waals surface area contributed by atoms with Gasteiger partial charge in [-0.05, 0) is 49.8 Å². The van der Waals surface area contributed by atoms with Crippen LogP contribution in [-0.4, -0.2) is 29.5 Å². The van der Waals surface area contributed by atoms with Gasteiger partial charge in [0.1, 0.15) is 0 Å². The molecule has 1 fully saturated rings. The molecular formula is C18H28N2S. The van der Waals surface area contributed by atoms with Crippen LogP contribution in [0.15, 0.2) is 30.3 Å². The van der Waals surface area contributed by atoms with Crippen molar-refractivity contribution < 1.29 is 0 Å². The van der Waals surface area contributed by atoms with E-state index >= 15 is 0 Å². The second kappa shape index (κ2) is 7.90. The van der Waals surface area contributed by atoms with Crippen LogP contribution < -0.4 is 5.73 Å². The molecule has 0 amide bonds. The Morgan fingerprint density at radius 1 is 1.24 bits per heavy atom. The highest BCUT2D eigenvalue weighted by molar-refractivity contribution is 7.80. The lowest BCUT2D eigenvalue weighted by Gasteiger charge is -2.26. The number of hydrogen-bond donors (Lipinski definition) is 1. The summed E-state index contributed by atoms with van der Waals surface area (Å²) in [5.41, 5.74) is 7.25. The van der Waals surface area contributed by atoms with Crippen LogP contribution >= 0.6 is 12.2 Å². The summed E-state index contributed by atoms with van der Waals surface area (Å²) in [5.74, 6) is 1.84. The summed E-state index contributed by atoms with van der Waals surface area (Å²) in [7, 11) is 0. The van der Waals surface area contributed by atoms with E-state index in [1.54, 1.807) is 0 Å². The molecule has 2 nitrogen and oxygen atoms in total. The van der Waals surface area contributed by atoms with Crippen LogP contribution in [0.3, 0.4) is 0 Å². The fourth-order valence-corrected chi connectivity index (χ4v) is 3.54. The predicted molar refractivity (Wildman–Crippen MR) is 94.6 cm³/mol. The Kier molecular flexibility index (Phi) is 6.19. The maximum atomic E-state index is 6.01. The Balaban J connectivity index is 2.00. The minimum atomic E-state index is 0.178. The zero-order chi connectivity index (χ0) is 15.2. The topological polar surface area (TPSA) is 29.3 Å². The molecule has 1 aromatic rings. The number of benzene rings is 1. The molecule has 0 aromatic heterocycles. The van der Waals surface area contributed by atoms with E-state index in [0.29, 0.717) is 4.99 Å². The van der Waals surface area contributed by atoms with E-state index in [1.165, 1.54) is 37.9 Å². The number of rotatable bonds is 5. The quantitative estimate of drug-likeness (QED) is 0.839. The van der Waals surface area contributed by atoms with Gasteiger partial charge in [-0.3, -0.25) is 0 Å². The van der Waals surface area contributed by atoms with E-state index in [-0.39, 0.29) is 5.92 Å². The first-order chi connectivity index (χ1) is 10.1. The lowest BCUT2D eigenvalue weighted by molar-refractivity contribution is 0.270. The van der Waals surface area contributed by atoms with Gasteiger partial charge < -0.3 is 10.6 Å². The van der Waals surface area contributed by atoms with Crippen molar-refractivity contribution in [3.63, 3.8) is 0 Å². The molecule has 1 aliphatic heterocycles. The summed E-state index contributed by atoms with van der Waals surface area (Å²) >= 11 is 5.32. The van der Waals surface area contributed by atoms with Gasteiger partial charge in [0.2, 0.25) is 0 Å². The number of hydrogen-bond acceptors (Lipinski definition) is 2. The molecule has 0 aliphatic carbocycles. The smallest absolute Gasteiger partial charge is 0.0816 e. The number of likely N-dealkylation sites (tertiary alicyclic amines) is 1. The zero-order valence-electron chi connectivity index (χ0n) is 13.3. The van der Waals surface area contributed by atoms with Crippen molar-refractivity contribution in [1.82, 2.24) is 4.90 Å². The fourth-order valence-electron chi connectivity index (χ4n) is 3.33. The third kappa shape index (κ3) is 4.79. The first-order valence-corrected chi connectivity index (χ1v) is 8.55. The number of thiocarbonyl (C=S) groups is 1. The molecule has 116 valence electrons. The van der Waals surface area contributed by atoms with Crippen LogP contribution in [0, 0.1) is 11.8 Å². The molecule has 1 saturated heterocycles. The van der Waals surface area contributed by atoms with E-state index in [4.69, 9.17) is 18.0 Å². The van der Waals surface area contributed by atoms with Crippen LogP contribution in [0.1, 0.15) is 44.6 Å². The Bertz CT molecular complexity index is 444. The molecule has 21 heavy (non-hydrogen) atoms. The highest BCUT2D eigenvalue weighted by Gasteiger charge is 2.23. The standard InChI is InChI=1S/C18H28N2S/c1-14(2)15-9-6-11-20(12-10-15)13-17(18(19)21)16-7-4-3-5-8-16/h3-5,7-8,14-15,17H,6,9-13H2,1-2H3,(H2,19,21). The summed E-state index contributed by atoms with van der Waals surface area (Å²) in [5, 5.41) is 0. The van der Waals surface area contributed by atoms with E-state index in [2.05, 4.69) is 43.0 Å². The monoisotopic (exact) mass is 304 g/mol. The molecule has 2 unspecified atom stereocenters. The van der Waals surface area contributed by atoms with Crippen molar-refractivity contribution in [3.05, 3.63) is 35.9 Å². The summed E-state index contributed by atoms with van der Waals surface area (Å²) < 4.78 is 0. The molecule has 1 aliphatic rings. The van der Waals surface area contributed by atoms with Crippen LogP contribution in [0.5, 0.6) is 0 Å². The third-order valence-corrected chi connectivity index (χ3v) is 5.08. The van der Waals surface area contributed by atoms with E-state index < -0.39 is 0 Å². The second-order valence-electron chi connectivity index (χ2n) is 6.60. The lowest BCUT2D eigenvalue weighted by atomic mass is 9.89. The van der Waals surface area contributed by atoms with Gasteiger partial charge in [0.25, 0.3) is 0 Å². The predicted octanol–water partition coefficient (Wildman–Crippen LogP) is 3.81. The molecule has 0 radical (unpaired) electrons. The minimum Gasteiger partial charge on any atom is -0.393 e. The van der Waals surface area contributed by atoms with Crippen molar-refractivity contribution in [1.29, 1.82) is 0 Å². The molecule has 2 N–H and O–H groups in total. The third-order valence-electron chi connectivity index (χ3n) is 4.79. The first-order valence-electron chi connectivity index (χ1n) is 8.14. The zero-order valence-corrected chi connectivity index (χ0v) is 14.1. The Morgan fingerprint density at radius 3 is 2.57 bits per heavy atom. The minimum absolute atomic E-state index is 0.178. The SMILES string of the molecule is CC(C)C1CCCN(CC(C(N)=S)c2ccccc2)CC1. The molecule has 3 heteroatoms. The van der Waals surface area contributed by atoms with Gasteiger partial charge in [-0.1, -0.05) is 56.4 Å². The molecule has 2 rings (SSSR count). The molecule has 1 heterocycles. The molecule has 0 saturated carbocycles. The average Bonchev–Trinajstić information content (AvgIpc) is 2.71. The van der Waals surface area contributed by atoms with Gasteiger partial charge in [0, 0.05) is 12.5 Å². The first kappa shape index (κ1) is 16.4. The van der Waals surface area contributed by atoms with Gasteiger partial charge in [0.05, 0.1) is 4.99 Å². The Labute approximate surface area is 134 Å². The normalized spacial score (nSPS) is 22.0. The van der Waals surface area contributed by atoms with Gasteiger partial charge in [-0.2, -0.15) is 0 Å². The number of nitrogens with two attached hydrogens (primary N) is 1. The average molecular weight is 305 g/mol. The van der Waals surface area contributed by atoms with Crippen LogP contribution in [0.2, 0.25) is 0 Å². The second-order valence-corrected chi connectivity index (χ2v) is 7.07. The van der Waals surface area contributed by atoms with Crippen LogP contribution in [-0.2, 0) is 0 Å². The summed E-state index contributed by atoms with van der Waals surface area (Å²) in [4.78, 5) is 3.17. The van der Waals surface area contributed by atoms with Gasteiger partial charge >= 0.3 is 0 Å². The van der Waals surface area contributed by atoms with Gasteiger partial charge in [0.15, 0.2) is 0 Å². The highest BCUT2D eigenvalue weighted by atomic mass is 32.1. The maximum Gasteiger partial charge on any atom is 0.0816 e. The molecule has 0 spiro atoms. The Hall–Kier alpha value is -0.930. The number of nitrogens with zero attached hydrogens (tertiary/aromatic N) is 1. The van der Waals surface area contributed by atoms with Gasteiger partial charge in [-0.15, -0.1) is 0 Å². The summed E-state index contributed by atoms with van der Waals surface area (Å²) in [6.07, 6.45) is 3.95. The van der Waals surface area contributed by atoms with Crippen LogP contribution in [0.25, 0.3) is 0 Å².